The summed E-state index contributed by atoms with van der Waals surface area (Å²) in [6.45, 7) is 1.11. The highest BCUT2D eigenvalue weighted by atomic mass is 32.1. The molecule has 0 radical (unpaired) electrons. The molecule has 1 aliphatic carbocycles. The Morgan fingerprint density at radius 3 is 2.86 bits per heavy atom. The van der Waals surface area contributed by atoms with Gasteiger partial charge in [0.15, 0.2) is 11.5 Å². The zero-order valence-corrected chi connectivity index (χ0v) is 12.3. The quantitative estimate of drug-likeness (QED) is 0.810. The number of hydrogen-bond donors (Lipinski definition) is 1. The van der Waals surface area contributed by atoms with E-state index in [1.165, 1.54) is 0 Å². The largest absolute Gasteiger partial charge is 0.486 e. The molecule has 1 aromatic rings. The van der Waals surface area contributed by atoms with Crippen LogP contribution in [0.5, 0.6) is 11.5 Å². The summed E-state index contributed by atoms with van der Waals surface area (Å²) < 4.78 is 11.1. The third kappa shape index (κ3) is 2.05. The van der Waals surface area contributed by atoms with E-state index in [4.69, 9.17) is 21.7 Å². The normalized spacial score (nSPS) is 27.3. The summed E-state index contributed by atoms with van der Waals surface area (Å²) in [6, 6.07) is 5.69. The van der Waals surface area contributed by atoms with Gasteiger partial charge in [0, 0.05) is 23.7 Å². The molecule has 6 heteroatoms. The molecular formula is C15H16N2O3S. The summed E-state index contributed by atoms with van der Waals surface area (Å²) in [5.41, 5.74) is 0.844. The van der Waals surface area contributed by atoms with E-state index >= 15 is 0 Å². The predicted molar refractivity (Wildman–Crippen MR) is 82.2 cm³/mol. The lowest BCUT2D eigenvalue weighted by molar-refractivity contribution is 0.171. The van der Waals surface area contributed by atoms with Crippen LogP contribution in [0.15, 0.2) is 18.2 Å². The minimum Gasteiger partial charge on any atom is -0.486 e. The molecule has 1 saturated carbocycles. The van der Waals surface area contributed by atoms with Crippen LogP contribution >= 0.6 is 12.2 Å². The zero-order valence-electron chi connectivity index (χ0n) is 11.5. The van der Waals surface area contributed by atoms with Gasteiger partial charge in [-0.25, -0.2) is 4.79 Å². The Morgan fingerprint density at radius 2 is 2.00 bits per heavy atom. The predicted octanol–water partition coefficient (Wildman–Crippen LogP) is 2.48. The molecule has 2 aliphatic heterocycles. The SMILES string of the molecule is O=C1NC(=S)C2CCCC2N1c1ccc2c(c1)OCCO2. The number of ether oxygens (including phenoxy) is 2. The number of carbonyl (C=O) groups is 1. The fraction of sp³-hybridized carbons (Fsp3) is 0.467. The molecule has 4 rings (SSSR count). The molecule has 2 unspecified atom stereocenters. The number of carbonyl (C=O) groups excluding carboxylic acids is 1. The molecule has 5 nitrogen and oxygen atoms in total. The van der Waals surface area contributed by atoms with Crippen LogP contribution in [0.4, 0.5) is 10.5 Å². The van der Waals surface area contributed by atoms with Crippen LogP contribution in [-0.4, -0.2) is 30.3 Å². The smallest absolute Gasteiger partial charge is 0.326 e. The zero-order chi connectivity index (χ0) is 14.4. The molecule has 3 aliphatic rings. The van der Waals surface area contributed by atoms with Crippen LogP contribution in [0.3, 0.4) is 0 Å². The number of anilines is 1. The van der Waals surface area contributed by atoms with Crippen molar-refractivity contribution < 1.29 is 14.3 Å². The number of fused-ring (bicyclic) bond motifs is 2. The summed E-state index contributed by atoms with van der Waals surface area (Å²) in [7, 11) is 0. The molecule has 2 atom stereocenters. The summed E-state index contributed by atoms with van der Waals surface area (Å²) in [6.07, 6.45) is 3.14. The lowest BCUT2D eigenvalue weighted by Crippen LogP contribution is -2.58. The van der Waals surface area contributed by atoms with Crippen molar-refractivity contribution in [1.82, 2.24) is 5.32 Å². The fourth-order valence-electron chi connectivity index (χ4n) is 3.45. The molecule has 2 fully saturated rings. The van der Waals surface area contributed by atoms with E-state index in [1.54, 1.807) is 0 Å². The molecule has 0 bridgehead atoms. The highest BCUT2D eigenvalue weighted by molar-refractivity contribution is 7.80. The molecule has 0 aromatic heterocycles. The summed E-state index contributed by atoms with van der Waals surface area (Å²) >= 11 is 5.32. The number of benzene rings is 1. The van der Waals surface area contributed by atoms with E-state index in [9.17, 15) is 4.79 Å². The molecule has 0 spiro atoms. The number of nitrogens with zero attached hydrogens (tertiary/aromatic N) is 1. The van der Waals surface area contributed by atoms with Crippen molar-refractivity contribution in [2.45, 2.75) is 25.3 Å². The topological polar surface area (TPSA) is 50.8 Å². The van der Waals surface area contributed by atoms with Crippen LogP contribution in [0, 0.1) is 5.92 Å². The number of thiocarbonyl (C=S) groups is 1. The number of nitrogens with one attached hydrogen (secondary N) is 1. The van der Waals surface area contributed by atoms with Crippen molar-refractivity contribution in [3.63, 3.8) is 0 Å². The number of rotatable bonds is 1. The number of hydrogen-bond acceptors (Lipinski definition) is 4. The fourth-order valence-corrected chi connectivity index (χ4v) is 3.82. The van der Waals surface area contributed by atoms with Gasteiger partial charge >= 0.3 is 6.03 Å². The Balaban J connectivity index is 1.71. The average Bonchev–Trinajstić information content (AvgIpc) is 2.97. The minimum absolute atomic E-state index is 0.139. The highest BCUT2D eigenvalue weighted by Crippen LogP contribution is 2.39. The maximum atomic E-state index is 12.4. The molecule has 110 valence electrons. The Hall–Kier alpha value is -1.82. The molecule has 1 aromatic carbocycles. The molecule has 1 N–H and O–H groups in total. The molecule has 2 heterocycles. The van der Waals surface area contributed by atoms with Crippen LogP contribution in [0.2, 0.25) is 0 Å². The molecule has 1 saturated heterocycles. The Labute approximate surface area is 128 Å². The first-order valence-electron chi connectivity index (χ1n) is 7.28. The van der Waals surface area contributed by atoms with Crippen LogP contribution in [-0.2, 0) is 0 Å². The lowest BCUT2D eigenvalue weighted by Gasteiger charge is -2.38. The second-order valence-electron chi connectivity index (χ2n) is 5.60. The van der Waals surface area contributed by atoms with Crippen molar-refractivity contribution in [3.05, 3.63) is 18.2 Å². The van der Waals surface area contributed by atoms with Gasteiger partial charge in [0.2, 0.25) is 0 Å². The van der Waals surface area contributed by atoms with E-state index < -0.39 is 0 Å². The third-order valence-corrected chi connectivity index (χ3v) is 4.81. The standard InChI is InChI=1S/C15H16N2O3S/c18-15-16-14(21)10-2-1-3-11(10)17(15)9-4-5-12-13(8-9)20-7-6-19-12/h4-5,8,10-11H,1-3,6-7H2,(H,16,18,21). The van der Waals surface area contributed by atoms with Gasteiger partial charge in [0.05, 0.1) is 4.99 Å². The van der Waals surface area contributed by atoms with Crippen LogP contribution in [0.1, 0.15) is 19.3 Å². The third-order valence-electron chi connectivity index (χ3n) is 4.40. The van der Waals surface area contributed by atoms with Crippen molar-refractivity contribution >= 4 is 28.9 Å². The Kier molecular flexibility index (Phi) is 2.99. The highest BCUT2D eigenvalue weighted by Gasteiger charge is 2.42. The minimum atomic E-state index is -0.139. The number of urea groups is 1. The van der Waals surface area contributed by atoms with Crippen LogP contribution < -0.4 is 19.7 Å². The van der Waals surface area contributed by atoms with E-state index in [-0.39, 0.29) is 18.0 Å². The first-order chi connectivity index (χ1) is 10.2. The van der Waals surface area contributed by atoms with E-state index in [2.05, 4.69) is 5.32 Å². The van der Waals surface area contributed by atoms with E-state index in [1.807, 2.05) is 23.1 Å². The summed E-state index contributed by atoms with van der Waals surface area (Å²) in [5, 5.41) is 2.83. The second-order valence-corrected chi connectivity index (χ2v) is 6.04. The second kappa shape index (κ2) is 4.87. The van der Waals surface area contributed by atoms with Crippen molar-refractivity contribution in [2.24, 2.45) is 5.92 Å². The summed E-state index contributed by atoms with van der Waals surface area (Å²) in [5.74, 6) is 1.71. The van der Waals surface area contributed by atoms with Gasteiger partial charge < -0.3 is 14.8 Å². The van der Waals surface area contributed by atoms with Crippen molar-refractivity contribution in [1.29, 1.82) is 0 Å². The Morgan fingerprint density at radius 1 is 1.19 bits per heavy atom. The van der Waals surface area contributed by atoms with Gasteiger partial charge in [-0.1, -0.05) is 18.6 Å². The number of amides is 2. The van der Waals surface area contributed by atoms with E-state index in [0.29, 0.717) is 24.0 Å². The first-order valence-corrected chi connectivity index (χ1v) is 7.68. The summed E-state index contributed by atoms with van der Waals surface area (Å²) in [4.78, 5) is 14.9. The van der Waals surface area contributed by atoms with Gasteiger partial charge in [-0.05, 0) is 25.0 Å². The average molecular weight is 304 g/mol. The van der Waals surface area contributed by atoms with E-state index in [0.717, 1.165) is 30.7 Å². The Bertz CT molecular complexity index is 619. The van der Waals surface area contributed by atoms with Gasteiger partial charge in [-0.3, -0.25) is 4.90 Å². The van der Waals surface area contributed by atoms with Crippen molar-refractivity contribution in [2.75, 3.05) is 18.1 Å². The molecular weight excluding hydrogens is 288 g/mol. The van der Waals surface area contributed by atoms with Gasteiger partial charge in [-0.15, -0.1) is 0 Å². The lowest BCUT2D eigenvalue weighted by atomic mass is 9.99. The van der Waals surface area contributed by atoms with Crippen LogP contribution in [0.25, 0.3) is 0 Å². The van der Waals surface area contributed by atoms with Gasteiger partial charge in [-0.2, -0.15) is 0 Å². The van der Waals surface area contributed by atoms with Gasteiger partial charge in [0.1, 0.15) is 13.2 Å². The van der Waals surface area contributed by atoms with Gasteiger partial charge in [0.25, 0.3) is 0 Å². The molecule has 2 amide bonds. The molecule has 21 heavy (non-hydrogen) atoms. The first kappa shape index (κ1) is 12.9. The van der Waals surface area contributed by atoms with Crippen molar-refractivity contribution in [3.8, 4) is 11.5 Å². The maximum Gasteiger partial charge on any atom is 0.326 e. The monoisotopic (exact) mass is 304 g/mol. The maximum absolute atomic E-state index is 12.4.